The molecule has 0 aliphatic heterocycles. The maximum atomic E-state index is 12.9. The smallest absolute Gasteiger partial charge is 0.274 e. The maximum absolute atomic E-state index is 12.9. The standard InChI is InChI=1S/C12H8FIN2O/c13-8-4-5-10(9(14)7-8)16-12(17)11-3-1-2-6-15-11/h1-7H,(H,16,17). The van der Waals surface area contributed by atoms with E-state index >= 15 is 0 Å². The van der Waals surface area contributed by atoms with Crippen LogP contribution in [0.2, 0.25) is 0 Å². The van der Waals surface area contributed by atoms with Crippen molar-refractivity contribution in [2.45, 2.75) is 0 Å². The number of rotatable bonds is 2. The lowest BCUT2D eigenvalue weighted by Gasteiger charge is -2.06. The fourth-order valence-corrected chi connectivity index (χ4v) is 1.89. The molecule has 17 heavy (non-hydrogen) atoms. The molecule has 1 aromatic carbocycles. The molecular weight excluding hydrogens is 334 g/mol. The quantitative estimate of drug-likeness (QED) is 0.853. The third-order valence-electron chi connectivity index (χ3n) is 2.08. The number of aromatic nitrogens is 1. The van der Waals surface area contributed by atoms with Gasteiger partial charge in [0.1, 0.15) is 11.5 Å². The first kappa shape index (κ1) is 12.0. The van der Waals surface area contributed by atoms with Gasteiger partial charge in [0.15, 0.2) is 0 Å². The minimum Gasteiger partial charge on any atom is -0.320 e. The van der Waals surface area contributed by atoms with Crippen LogP contribution in [0.4, 0.5) is 10.1 Å². The zero-order valence-electron chi connectivity index (χ0n) is 8.65. The Labute approximate surface area is 111 Å². The third-order valence-corrected chi connectivity index (χ3v) is 2.97. The van der Waals surface area contributed by atoms with Gasteiger partial charge in [0.25, 0.3) is 5.91 Å². The Morgan fingerprint density at radius 1 is 1.29 bits per heavy atom. The van der Waals surface area contributed by atoms with Crippen molar-refractivity contribution >= 4 is 34.2 Å². The summed E-state index contributed by atoms with van der Waals surface area (Å²) in [6.07, 6.45) is 1.55. The van der Waals surface area contributed by atoms with Gasteiger partial charge in [-0.3, -0.25) is 9.78 Å². The predicted molar refractivity (Wildman–Crippen MR) is 71.3 cm³/mol. The van der Waals surface area contributed by atoms with Crippen molar-refractivity contribution in [2.24, 2.45) is 0 Å². The van der Waals surface area contributed by atoms with E-state index in [1.165, 1.54) is 18.2 Å². The second kappa shape index (κ2) is 5.22. The highest BCUT2D eigenvalue weighted by atomic mass is 127. The molecule has 0 saturated heterocycles. The molecule has 1 N–H and O–H groups in total. The lowest BCUT2D eigenvalue weighted by Crippen LogP contribution is -2.14. The van der Waals surface area contributed by atoms with Gasteiger partial charge in [-0.1, -0.05) is 6.07 Å². The molecule has 2 rings (SSSR count). The molecule has 1 aromatic heterocycles. The summed E-state index contributed by atoms with van der Waals surface area (Å²) in [6.45, 7) is 0. The highest BCUT2D eigenvalue weighted by molar-refractivity contribution is 14.1. The zero-order valence-corrected chi connectivity index (χ0v) is 10.8. The van der Waals surface area contributed by atoms with Crippen LogP contribution in [0, 0.1) is 9.39 Å². The van der Waals surface area contributed by atoms with Crippen LogP contribution in [-0.4, -0.2) is 10.9 Å². The molecule has 0 saturated carbocycles. The normalized spacial score (nSPS) is 10.0. The van der Waals surface area contributed by atoms with Crippen molar-refractivity contribution in [3.63, 3.8) is 0 Å². The Kier molecular flexibility index (Phi) is 3.68. The van der Waals surface area contributed by atoms with Crippen LogP contribution >= 0.6 is 22.6 Å². The molecule has 1 amide bonds. The topological polar surface area (TPSA) is 42.0 Å². The summed E-state index contributed by atoms with van der Waals surface area (Å²) in [6, 6.07) is 9.27. The van der Waals surface area contributed by atoms with Crippen molar-refractivity contribution in [2.75, 3.05) is 5.32 Å². The van der Waals surface area contributed by atoms with Gasteiger partial charge in [0.2, 0.25) is 0 Å². The number of hydrogen-bond acceptors (Lipinski definition) is 2. The summed E-state index contributed by atoms with van der Waals surface area (Å²) in [4.78, 5) is 15.7. The molecule has 0 unspecified atom stereocenters. The Morgan fingerprint density at radius 3 is 2.76 bits per heavy atom. The van der Waals surface area contributed by atoms with Crippen LogP contribution < -0.4 is 5.32 Å². The SMILES string of the molecule is O=C(Nc1ccc(F)cc1I)c1ccccn1. The van der Waals surface area contributed by atoms with E-state index in [0.717, 1.165) is 0 Å². The van der Waals surface area contributed by atoms with E-state index in [4.69, 9.17) is 0 Å². The van der Waals surface area contributed by atoms with Crippen LogP contribution in [0.15, 0.2) is 42.6 Å². The first-order valence-electron chi connectivity index (χ1n) is 4.84. The molecule has 0 bridgehead atoms. The fraction of sp³-hybridized carbons (Fsp3) is 0. The number of nitrogens with one attached hydrogen (secondary N) is 1. The molecule has 1 heterocycles. The molecule has 0 atom stereocenters. The van der Waals surface area contributed by atoms with Crippen molar-refractivity contribution in [1.82, 2.24) is 4.98 Å². The Morgan fingerprint density at radius 2 is 2.12 bits per heavy atom. The van der Waals surface area contributed by atoms with Crippen LogP contribution in [0.3, 0.4) is 0 Å². The molecule has 0 aliphatic rings. The number of hydrogen-bond donors (Lipinski definition) is 1. The highest BCUT2D eigenvalue weighted by Crippen LogP contribution is 2.19. The zero-order chi connectivity index (χ0) is 12.3. The monoisotopic (exact) mass is 342 g/mol. The summed E-state index contributed by atoms with van der Waals surface area (Å²) in [5.74, 6) is -0.639. The largest absolute Gasteiger partial charge is 0.320 e. The predicted octanol–water partition coefficient (Wildman–Crippen LogP) is 3.08. The molecule has 86 valence electrons. The maximum Gasteiger partial charge on any atom is 0.274 e. The molecule has 5 heteroatoms. The summed E-state index contributed by atoms with van der Waals surface area (Å²) < 4.78 is 13.5. The summed E-state index contributed by atoms with van der Waals surface area (Å²) >= 11 is 1.96. The second-order valence-electron chi connectivity index (χ2n) is 3.29. The summed E-state index contributed by atoms with van der Waals surface area (Å²) in [7, 11) is 0. The lowest BCUT2D eigenvalue weighted by atomic mass is 10.3. The van der Waals surface area contributed by atoms with Crippen LogP contribution in [0.5, 0.6) is 0 Å². The van der Waals surface area contributed by atoms with Gasteiger partial charge >= 0.3 is 0 Å². The van der Waals surface area contributed by atoms with Gasteiger partial charge in [-0.15, -0.1) is 0 Å². The van der Waals surface area contributed by atoms with E-state index in [9.17, 15) is 9.18 Å². The van der Waals surface area contributed by atoms with E-state index < -0.39 is 0 Å². The van der Waals surface area contributed by atoms with E-state index in [2.05, 4.69) is 10.3 Å². The van der Waals surface area contributed by atoms with Crippen LogP contribution in [0.25, 0.3) is 0 Å². The molecule has 0 radical (unpaired) electrons. The van der Waals surface area contributed by atoms with Crippen molar-refractivity contribution in [1.29, 1.82) is 0 Å². The average Bonchev–Trinajstić information content (AvgIpc) is 2.34. The van der Waals surface area contributed by atoms with Gasteiger partial charge in [0, 0.05) is 9.77 Å². The van der Waals surface area contributed by atoms with Crippen molar-refractivity contribution in [3.05, 3.63) is 57.7 Å². The molecule has 0 spiro atoms. The highest BCUT2D eigenvalue weighted by Gasteiger charge is 2.09. The van der Waals surface area contributed by atoms with Crippen LogP contribution in [-0.2, 0) is 0 Å². The second-order valence-corrected chi connectivity index (χ2v) is 4.46. The molecule has 0 fully saturated rings. The number of anilines is 1. The number of pyridine rings is 1. The number of benzene rings is 1. The number of carbonyl (C=O) groups is 1. The Bertz CT molecular complexity index is 545. The van der Waals surface area contributed by atoms with E-state index in [1.807, 2.05) is 22.6 Å². The minimum atomic E-state index is -0.328. The number of carbonyl (C=O) groups excluding carboxylic acids is 1. The van der Waals surface area contributed by atoms with Gasteiger partial charge in [-0.05, 0) is 52.9 Å². The number of halogens is 2. The number of nitrogens with zero attached hydrogens (tertiary/aromatic N) is 1. The molecular formula is C12H8FIN2O. The molecule has 3 nitrogen and oxygen atoms in total. The third kappa shape index (κ3) is 3.00. The minimum absolute atomic E-state index is 0.310. The van der Waals surface area contributed by atoms with Gasteiger partial charge in [-0.2, -0.15) is 0 Å². The lowest BCUT2D eigenvalue weighted by molar-refractivity contribution is 0.102. The van der Waals surface area contributed by atoms with Crippen molar-refractivity contribution in [3.8, 4) is 0 Å². The summed E-state index contributed by atoms with van der Waals surface area (Å²) in [5, 5.41) is 2.68. The summed E-state index contributed by atoms with van der Waals surface area (Å²) in [5.41, 5.74) is 0.898. The first-order valence-corrected chi connectivity index (χ1v) is 5.92. The van der Waals surface area contributed by atoms with Crippen molar-refractivity contribution < 1.29 is 9.18 Å². The van der Waals surface area contributed by atoms with Gasteiger partial charge < -0.3 is 5.32 Å². The van der Waals surface area contributed by atoms with Gasteiger partial charge in [0.05, 0.1) is 5.69 Å². The van der Waals surface area contributed by atoms with E-state index in [-0.39, 0.29) is 11.7 Å². The van der Waals surface area contributed by atoms with Crippen LogP contribution in [0.1, 0.15) is 10.5 Å². The van der Waals surface area contributed by atoms with E-state index in [0.29, 0.717) is 15.0 Å². The molecule has 0 aliphatic carbocycles. The Balaban J connectivity index is 2.19. The first-order chi connectivity index (χ1) is 8.16. The van der Waals surface area contributed by atoms with Gasteiger partial charge in [-0.25, -0.2) is 4.39 Å². The average molecular weight is 342 g/mol. The number of amides is 1. The fourth-order valence-electron chi connectivity index (χ4n) is 1.27. The Hall–Kier alpha value is -1.50. The molecule has 2 aromatic rings. The van der Waals surface area contributed by atoms with E-state index in [1.54, 1.807) is 24.4 Å².